The highest BCUT2D eigenvalue weighted by atomic mass is 32.2. The van der Waals surface area contributed by atoms with Gasteiger partial charge >= 0.3 is 5.97 Å². The molecule has 0 bridgehead atoms. The molecule has 0 aliphatic rings. The van der Waals surface area contributed by atoms with Gasteiger partial charge in [0, 0.05) is 6.04 Å². The van der Waals surface area contributed by atoms with Crippen LogP contribution in [0.5, 0.6) is 0 Å². The second-order valence-corrected chi connectivity index (χ2v) is 7.23. The quantitative estimate of drug-likeness (QED) is 0.770. The van der Waals surface area contributed by atoms with Crippen molar-refractivity contribution in [3.05, 3.63) is 35.9 Å². The highest BCUT2D eigenvalue weighted by Crippen LogP contribution is 2.29. The maximum Gasteiger partial charge on any atom is 0.328 e. The molecule has 0 saturated carbocycles. The Bertz CT molecular complexity index is 420. The van der Waals surface area contributed by atoms with Crippen molar-refractivity contribution in [1.82, 2.24) is 5.32 Å². The van der Waals surface area contributed by atoms with Gasteiger partial charge in [-0.2, -0.15) is 11.8 Å². The third-order valence-corrected chi connectivity index (χ3v) is 4.20. The summed E-state index contributed by atoms with van der Waals surface area (Å²) >= 11 is 1.79. The largest absolute Gasteiger partial charge is 0.480 e. The molecule has 0 spiro atoms. The Labute approximate surface area is 126 Å². The van der Waals surface area contributed by atoms with Gasteiger partial charge in [-0.05, 0) is 36.8 Å². The second kappa shape index (κ2) is 7.70. The first-order chi connectivity index (χ1) is 9.38. The van der Waals surface area contributed by atoms with E-state index in [1.165, 1.54) is 0 Å². The van der Waals surface area contributed by atoms with Crippen molar-refractivity contribution in [2.24, 2.45) is 0 Å². The van der Waals surface area contributed by atoms with E-state index >= 15 is 0 Å². The lowest BCUT2D eigenvalue weighted by molar-refractivity contribution is -0.146. The number of carbonyl (C=O) groups is 1. The van der Waals surface area contributed by atoms with E-state index in [-0.39, 0.29) is 6.04 Å². The molecule has 0 aromatic heterocycles. The van der Waals surface area contributed by atoms with Gasteiger partial charge in [0.1, 0.15) is 5.54 Å². The van der Waals surface area contributed by atoms with Crippen LogP contribution in [0, 0.1) is 0 Å². The van der Waals surface area contributed by atoms with Gasteiger partial charge in [0.05, 0.1) is 0 Å². The summed E-state index contributed by atoms with van der Waals surface area (Å²) in [5.74, 6) is 0.0141. The average molecular weight is 295 g/mol. The van der Waals surface area contributed by atoms with Crippen LogP contribution in [-0.4, -0.2) is 28.1 Å². The average Bonchev–Trinajstić information content (AvgIpc) is 2.37. The molecule has 0 radical (unpaired) electrons. The van der Waals surface area contributed by atoms with Gasteiger partial charge in [0.15, 0.2) is 0 Å². The van der Waals surface area contributed by atoms with E-state index in [4.69, 9.17) is 0 Å². The molecule has 1 unspecified atom stereocenters. The SMILES string of the molecule is CC(C)NC(CCSC(C)C)(C(=O)O)c1ccccc1. The normalized spacial score (nSPS) is 14.5. The van der Waals surface area contributed by atoms with E-state index in [1.54, 1.807) is 11.8 Å². The fraction of sp³-hybridized carbons (Fsp3) is 0.562. The van der Waals surface area contributed by atoms with E-state index in [9.17, 15) is 9.90 Å². The Morgan fingerprint density at radius 1 is 1.25 bits per heavy atom. The number of rotatable bonds is 8. The van der Waals surface area contributed by atoms with Crippen LogP contribution in [0.3, 0.4) is 0 Å². The Morgan fingerprint density at radius 2 is 1.85 bits per heavy atom. The fourth-order valence-corrected chi connectivity index (χ4v) is 3.15. The molecule has 0 heterocycles. The van der Waals surface area contributed by atoms with Crippen LogP contribution in [0.15, 0.2) is 30.3 Å². The molecule has 0 fully saturated rings. The summed E-state index contributed by atoms with van der Waals surface area (Å²) in [6.07, 6.45) is 0.577. The van der Waals surface area contributed by atoms with Crippen LogP contribution >= 0.6 is 11.8 Å². The second-order valence-electron chi connectivity index (χ2n) is 5.55. The minimum atomic E-state index is -1.00. The Hall–Kier alpha value is -1.00. The lowest BCUT2D eigenvalue weighted by Crippen LogP contribution is -2.52. The topological polar surface area (TPSA) is 49.3 Å². The summed E-state index contributed by atoms with van der Waals surface area (Å²) in [6.45, 7) is 8.23. The van der Waals surface area contributed by atoms with Crippen molar-refractivity contribution in [1.29, 1.82) is 0 Å². The Morgan fingerprint density at radius 3 is 2.30 bits per heavy atom. The number of benzene rings is 1. The zero-order valence-electron chi connectivity index (χ0n) is 12.7. The van der Waals surface area contributed by atoms with Gasteiger partial charge in [-0.1, -0.05) is 44.2 Å². The first-order valence-corrected chi connectivity index (χ1v) is 8.11. The Balaban J connectivity index is 3.05. The predicted octanol–water partition coefficient (Wildman–Crippen LogP) is 3.50. The molecular weight excluding hydrogens is 270 g/mol. The molecule has 0 aliphatic heterocycles. The number of carboxylic acid groups (broad SMARTS) is 1. The van der Waals surface area contributed by atoms with Crippen LogP contribution in [0.2, 0.25) is 0 Å². The number of hydrogen-bond acceptors (Lipinski definition) is 3. The molecule has 0 amide bonds. The van der Waals surface area contributed by atoms with E-state index < -0.39 is 11.5 Å². The Kier molecular flexibility index (Phi) is 6.56. The van der Waals surface area contributed by atoms with Crippen molar-refractivity contribution in [2.75, 3.05) is 5.75 Å². The maximum absolute atomic E-state index is 12.0. The van der Waals surface area contributed by atoms with Crippen molar-refractivity contribution < 1.29 is 9.90 Å². The third kappa shape index (κ3) is 4.53. The molecule has 112 valence electrons. The maximum atomic E-state index is 12.0. The van der Waals surface area contributed by atoms with Crippen LogP contribution in [0.4, 0.5) is 0 Å². The fourth-order valence-electron chi connectivity index (χ4n) is 2.26. The van der Waals surface area contributed by atoms with Crippen LogP contribution in [0.1, 0.15) is 39.7 Å². The zero-order chi connectivity index (χ0) is 15.2. The number of hydrogen-bond donors (Lipinski definition) is 2. The highest BCUT2D eigenvalue weighted by Gasteiger charge is 2.40. The number of carboxylic acids is 1. The van der Waals surface area contributed by atoms with Crippen molar-refractivity contribution in [2.45, 2.75) is 50.9 Å². The molecule has 1 rings (SSSR count). The first-order valence-electron chi connectivity index (χ1n) is 7.06. The minimum Gasteiger partial charge on any atom is -0.480 e. The lowest BCUT2D eigenvalue weighted by Gasteiger charge is -2.33. The van der Waals surface area contributed by atoms with Gasteiger partial charge in [0.25, 0.3) is 0 Å². The van der Waals surface area contributed by atoms with Crippen LogP contribution in [0.25, 0.3) is 0 Å². The molecule has 3 nitrogen and oxygen atoms in total. The van der Waals surface area contributed by atoms with Gasteiger partial charge in [0.2, 0.25) is 0 Å². The minimum absolute atomic E-state index is 0.107. The first kappa shape index (κ1) is 17.1. The standard InChI is InChI=1S/C16H25NO2S/c1-12(2)17-16(15(18)19,10-11-20-13(3)4)14-8-6-5-7-9-14/h5-9,12-13,17H,10-11H2,1-4H3,(H,18,19). The van der Waals surface area contributed by atoms with Crippen molar-refractivity contribution in [3.63, 3.8) is 0 Å². The molecule has 0 saturated heterocycles. The van der Waals surface area contributed by atoms with Gasteiger partial charge < -0.3 is 5.11 Å². The molecular formula is C16H25NO2S. The number of thioether (sulfide) groups is 1. The van der Waals surface area contributed by atoms with E-state index in [1.807, 2.05) is 44.2 Å². The van der Waals surface area contributed by atoms with Gasteiger partial charge in [-0.15, -0.1) is 0 Å². The van der Waals surface area contributed by atoms with E-state index in [2.05, 4.69) is 19.2 Å². The molecule has 2 N–H and O–H groups in total. The number of aliphatic carboxylic acids is 1. The molecule has 1 aromatic carbocycles. The molecule has 4 heteroatoms. The lowest BCUT2D eigenvalue weighted by atomic mass is 9.86. The van der Waals surface area contributed by atoms with E-state index in [0.29, 0.717) is 11.7 Å². The molecule has 20 heavy (non-hydrogen) atoms. The zero-order valence-corrected chi connectivity index (χ0v) is 13.5. The monoisotopic (exact) mass is 295 g/mol. The summed E-state index contributed by atoms with van der Waals surface area (Å²) in [5, 5.41) is 13.6. The summed E-state index contributed by atoms with van der Waals surface area (Å²) in [6, 6.07) is 9.59. The summed E-state index contributed by atoms with van der Waals surface area (Å²) in [5.41, 5.74) is -0.178. The number of nitrogens with one attached hydrogen (secondary N) is 1. The summed E-state index contributed by atoms with van der Waals surface area (Å²) in [7, 11) is 0. The third-order valence-electron chi connectivity index (χ3n) is 3.10. The van der Waals surface area contributed by atoms with Crippen molar-refractivity contribution >= 4 is 17.7 Å². The summed E-state index contributed by atoms with van der Waals surface area (Å²) in [4.78, 5) is 12.0. The van der Waals surface area contributed by atoms with Crippen LogP contribution < -0.4 is 5.32 Å². The highest BCUT2D eigenvalue weighted by molar-refractivity contribution is 7.99. The van der Waals surface area contributed by atoms with Crippen molar-refractivity contribution in [3.8, 4) is 0 Å². The smallest absolute Gasteiger partial charge is 0.328 e. The molecule has 1 atom stereocenters. The summed E-state index contributed by atoms with van der Waals surface area (Å²) < 4.78 is 0. The van der Waals surface area contributed by atoms with Gasteiger partial charge in [-0.3, -0.25) is 5.32 Å². The van der Waals surface area contributed by atoms with Crippen LogP contribution in [-0.2, 0) is 10.3 Å². The van der Waals surface area contributed by atoms with Gasteiger partial charge in [-0.25, -0.2) is 4.79 Å². The molecule has 0 aliphatic carbocycles. The predicted molar refractivity (Wildman–Crippen MR) is 86.2 cm³/mol. The van der Waals surface area contributed by atoms with E-state index in [0.717, 1.165) is 11.3 Å². The molecule has 1 aromatic rings.